The summed E-state index contributed by atoms with van der Waals surface area (Å²) in [5.41, 5.74) is 1.82. The standard InChI is InChI=1S/C21H29N3O4S/c1-5-24(6-2)29(26,27)20-14-17(13-12-16(20)4)22-15-21(25)23-18-10-8-9-11-19(18)28-7-3/h8-14,22H,5-7,15H2,1-4H3,(H,23,25). The van der Waals surface area contributed by atoms with E-state index in [0.29, 0.717) is 42.4 Å². The number of para-hydroxylation sites is 2. The fourth-order valence-electron chi connectivity index (χ4n) is 2.92. The summed E-state index contributed by atoms with van der Waals surface area (Å²) in [5, 5.41) is 5.80. The number of carbonyl (C=O) groups excluding carboxylic acids is 1. The highest BCUT2D eigenvalue weighted by Crippen LogP contribution is 2.25. The van der Waals surface area contributed by atoms with Crippen molar-refractivity contribution in [2.75, 3.05) is 36.9 Å². The van der Waals surface area contributed by atoms with Gasteiger partial charge in [0.05, 0.1) is 23.7 Å². The third kappa shape index (κ3) is 5.71. The first-order chi connectivity index (χ1) is 13.8. The first-order valence-electron chi connectivity index (χ1n) is 9.69. The molecule has 1 amide bonds. The number of benzene rings is 2. The molecule has 0 saturated heterocycles. The van der Waals surface area contributed by atoms with Crippen LogP contribution in [0, 0.1) is 6.92 Å². The van der Waals surface area contributed by atoms with Crippen molar-refractivity contribution >= 4 is 27.3 Å². The van der Waals surface area contributed by atoms with E-state index in [0.717, 1.165) is 0 Å². The minimum absolute atomic E-state index is 0.00568. The lowest BCUT2D eigenvalue weighted by atomic mass is 10.2. The Morgan fingerprint density at radius 1 is 1.07 bits per heavy atom. The van der Waals surface area contributed by atoms with E-state index in [-0.39, 0.29) is 17.3 Å². The molecule has 158 valence electrons. The molecule has 0 aliphatic heterocycles. The average Bonchev–Trinajstić information content (AvgIpc) is 2.69. The molecule has 0 atom stereocenters. The van der Waals surface area contributed by atoms with Gasteiger partial charge in [0.2, 0.25) is 15.9 Å². The molecule has 2 aromatic rings. The molecule has 8 heteroatoms. The summed E-state index contributed by atoms with van der Waals surface area (Å²) in [6, 6.07) is 12.3. The molecule has 0 aromatic heterocycles. The van der Waals surface area contributed by atoms with Crippen molar-refractivity contribution in [1.82, 2.24) is 4.31 Å². The van der Waals surface area contributed by atoms with Gasteiger partial charge in [0, 0.05) is 18.8 Å². The average molecular weight is 420 g/mol. The Morgan fingerprint density at radius 3 is 2.41 bits per heavy atom. The molecule has 0 bridgehead atoms. The number of nitrogens with zero attached hydrogens (tertiary/aromatic N) is 1. The molecule has 0 aliphatic rings. The van der Waals surface area contributed by atoms with E-state index in [9.17, 15) is 13.2 Å². The lowest BCUT2D eigenvalue weighted by Gasteiger charge is -2.20. The highest BCUT2D eigenvalue weighted by Gasteiger charge is 2.23. The molecule has 2 N–H and O–H groups in total. The van der Waals surface area contributed by atoms with Gasteiger partial charge in [-0.25, -0.2) is 8.42 Å². The predicted molar refractivity (Wildman–Crippen MR) is 116 cm³/mol. The van der Waals surface area contributed by atoms with Gasteiger partial charge in [-0.3, -0.25) is 4.79 Å². The second-order valence-electron chi connectivity index (χ2n) is 6.40. The minimum atomic E-state index is -3.58. The number of sulfonamides is 1. The zero-order valence-corrected chi connectivity index (χ0v) is 18.2. The zero-order valence-electron chi connectivity index (χ0n) is 17.4. The van der Waals surface area contributed by atoms with Crippen molar-refractivity contribution in [1.29, 1.82) is 0 Å². The normalized spacial score (nSPS) is 11.3. The minimum Gasteiger partial charge on any atom is -0.492 e. The number of carbonyl (C=O) groups is 1. The van der Waals surface area contributed by atoms with Crippen LogP contribution in [0.5, 0.6) is 5.75 Å². The van der Waals surface area contributed by atoms with Crippen LogP contribution in [0.1, 0.15) is 26.3 Å². The maximum absolute atomic E-state index is 12.9. The summed E-state index contributed by atoms with van der Waals surface area (Å²) in [6.45, 7) is 8.55. The second-order valence-corrected chi connectivity index (χ2v) is 8.31. The Kier molecular flexibility index (Phi) is 8.04. The summed E-state index contributed by atoms with van der Waals surface area (Å²) in [7, 11) is -3.58. The van der Waals surface area contributed by atoms with E-state index in [4.69, 9.17) is 4.74 Å². The summed E-state index contributed by atoms with van der Waals surface area (Å²) in [6.07, 6.45) is 0. The lowest BCUT2D eigenvalue weighted by Crippen LogP contribution is -2.31. The number of hydrogen-bond donors (Lipinski definition) is 2. The van der Waals surface area contributed by atoms with Crippen molar-refractivity contribution in [2.24, 2.45) is 0 Å². The molecule has 2 aromatic carbocycles. The lowest BCUT2D eigenvalue weighted by molar-refractivity contribution is -0.114. The summed E-state index contributed by atoms with van der Waals surface area (Å²) < 4.78 is 32.6. The second kappa shape index (κ2) is 10.3. The number of amides is 1. The van der Waals surface area contributed by atoms with Crippen LogP contribution >= 0.6 is 0 Å². The summed E-state index contributed by atoms with van der Waals surface area (Å²) in [5.74, 6) is 0.345. The fraction of sp³-hybridized carbons (Fsp3) is 0.381. The molecular weight excluding hydrogens is 390 g/mol. The van der Waals surface area contributed by atoms with Crippen LogP contribution in [0.15, 0.2) is 47.4 Å². The summed E-state index contributed by atoms with van der Waals surface area (Å²) in [4.78, 5) is 12.6. The van der Waals surface area contributed by atoms with Crippen LogP contribution in [-0.4, -0.2) is 44.9 Å². The molecular formula is C21H29N3O4S. The highest BCUT2D eigenvalue weighted by atomic mass is 32.2. The SMILES string of the molecule is CCOc1ccccc1NC(=O)CNc1ccc(C)c(S(=O)(=O)N(CC)CC)c1. The predicted octanol–water partition coefficient (Wildman–Crippen LogP) is 3.47. The number of rotatable bonds is 10. The number of anilines is 2. The summed E-state index contributed by atoms with van der Waals surface area (Å²) >= 11 is 0. The molecule has 29 heavy (non-hydrogen) atoms. The number of hydrogen-bond acceptors (Lipinski definition) is 5. The number of aryl methyl sites for hydroxylation is 1. The van der Waals surface area contributed by atoms with Crippen LogP contribution in [0.25, 0.3) is 0 Å². The van der Waals surface area contributed by atoms with E-state index in [1.54, 1.807) is 37.3 Å². The van der Waals surface area contributed by atoms with Crippen LogP contribution in [0.2, 0.25) is 0 Å². The van der Waals surface area contributed by atoms with Gasteiger partial charge in [0.15, 0.2) is 0 Å². The third-order valence-electron chi connectivity index (χ3n) is 4.43. The monoisotopic (exact) mass is 419 g/mol. The first kappa shape index (κ1) is 22.7. The van der Waals surface area contributed by atoms with Crippen LogP contribution in [0.3, 0.4) is 0 Å². The Labute approximate surface area is 173 Å². The van der Waals surface area contributed by atoms with Crippen LogP contribution < -0.4 is 15.4 Å². The van der Waals surface area contributed by atoms with Gasteiger partial charge in [-0.15, -0.1) is 0 Å². The fourth-order valence-corrected chi connectivity index (χ4v) is 4.63. The van der Waals surface area contributed by atoms with Crippen molar-refractivity contribution in [2.45, 2.75) is 32.6 Å². The van der Waals surface area contributed by atoms with E-state index in [1.165, 1.54) is 4.31 Å². The molecule has 0 saturated carbocycles. The van der Waals surface area contributed by atoms with Crippen molar-refractivity contribution in [3.05, 3.63) is 48.0 Å². The van der Waals surface area contributed by atoms with Gasteiger partial charge in [0.25, 0.3) is 0 Å². The van der Waals surface area contributed by atoms with E-state index < -0.39 is 10.0 Å². The van der Waals surface area contributed by atoms with Crippen LogP contribution in [0.4, 0.5) is 11.4 Å². The smallest absolute Gasteiger partial charge is 0.243 e. The van der Waals surface area contributed by atoms with Crippen molar-refractivity contribution in [3.8, 4) is 5.75 Å². The maximum Gasteiger partial charge on any atom is 0.243 e. The maximum atomic E-state index is 12.9. The Bertz CT molecular complexity index is 941. The third-order valence-corrected chi connectivity index (χ3v) is 6.62. The largest absolute Gasteiger partial charge is 0.492 e. The highest BCUT2D eigenvalue weighted by molar-refractivity contribution is 7.89. The van der Waals surface area contributed by atoms with Crippen LogP contribution in [-0.2, 0) is 14.8 Å². The van der Waals surface area contributed by atoms with Gasteiger partial charge in [-0.2, -0.15) is 4.31 Å². The molecule has 0 aliphatic carbocycles. The van der Waals surface area contributed by atoms with Crippen molar-refractivity contribution < 1.29 is 17.9 Å². The Hall–Kier alpha value is -2.58. The number of ether oxygens (including phenoxy) is 1. The van der Waals surface area contributed by atoms with E-state index >= 15 is 0 Å². The van der Waals surface area contributed by atoms with Gasteiger partial charge < -0.3 is 15.4 Å². The Morgan fingerprint density at radius 2 is 1.76 bits per heavy atom. The molecule has 0 unspecified atom stereocenters. The molecule has 0 radical (unpaired) electrons. The molecule has 0 fully saturated rings. The number of nitrogens with one attached hydrogen (secondary N) is 2. The van der Waals surface area contributed by atoms with E-state index in [1.807, 2.05) is 32.9 Å². The van der Waals surface area contributed by atoms with Gasteiger partial charge in [-0.05, 0) is 43.7 Å². The topological polar surface area (TPSA) is 87.7 Å². The molecule has 7 nitrogen and oxygen atoms in total. The Balaban J connectivity index is 2.11. The first-order valence-corrected chi connectivity index (χ1v) is 11.1. The van der Waals surface area contributed by atoms with Gasteiger partial charge in [0.1, 0.15) is 5.75 Å². The molecule has 2 rings (SSSR count). The molecule has 0 heterocycles. The molecule has 0 spiro atoms. The van der Waals surface area contributed by atoms with E-state index in [2.05, 4.69) is 10.6 Å². The van der Waals surface area contributed by atoms with Gasteiger partial charge in [-0.1, -0.05) is 32.0 Å². The quantitative estimate of drug-likeness (QED) is 0.616. The van der Waals surface area contributed by atoms with Crippen molar-refractivity contribution in [3.63, 3.8) is 0 Å². The zero-order chi connectivity index (χ0) is 21.4. The van der Waals surface area contributed by atoms with Gasteiger partial charge >= 0.3 is 0 Å².